The molecule has 1 saturated heterocycles. The largest absolute Gasteiger partial charge is 0.162 e. The van der Waals surface area contributed by atoms with Crippen molar-refractivity contribution in [1.29, 1.82) is 0 Å². The smallest absolute Gasteiger partial charge is 0.00392 e. The van der Waals surface area contributed by atoms with Gasteiger partial charge in [-0.3, -0.25) is 0 Å². The van der Waals surface area contributed by atoms with Gasteiger partial charge >= 0.3 is 0 Å². The van der Waals surface area contributed by atoms with Crippen LogP contribution in [0.4, 0.5) is 0 Å². The van der Waals surface area contributed by atoms with Crippen LogP contribution in [0.25, 0.3) is 0 Å². The van der Waals surface area contributed by atoms with E-state index in [0.717, 1.165) is 11.8 Å². The molecule has 76 valence electrons. The van der Waals surface area contributed by atoms with Crippen molar-refractivity contribution >= 4 is 11.8 Å². The van der Waals surface area contributed by atoms with Crippen molar-refractivity contribution in [3.63, 3.8) is 0 Å². The SMILES string of the molecule is CC.CC.CC1CCSCC1C. The van der Waals surface area contributed by atoms with E-state index in [-0.39, 0.29) is 0 Å². The molecule has 0 aromatic heterocycles. The molecular formula is C11H26S. The van der Waals surface area contributed by atoms with Gasteiger partial charge in [0.15, 0.2) is 0 Å². The summed E-state index contributed by atoms with van der Waals surface area (Å²) >= 11 is 2.11. The summed E-state index contributed by atoms with van der Waals surface area (Å²) in [5.74, 6) is 4.73. The second-order valence-corrected chi connectivity index (χ2v) is 3.97. The van der Waals surface area contributed by atoms with Crippen LogP contribution in [0, 0.1) is 11.8 Å². The topological polar surface area (TPSA) is 0 Å². The van der Waals surface area contributed by atoms with E-state index < -0.39 is 0 Å². The van der Waals surface area contributed by atoms with E-state index in [1.54, 1.807) is 0 Å². The molecule has 1 aliphatic rings. The van der Waals surface area contributed by atoms with Crippen molar-refractivity contribution in [1.82, 2.24) is 0 Å². The third-order valence-corrected chi connectivity index (χ3v) is 3.36. The molecule has 1 heteroatoms. The lowest BCUT2D eigenvalue weighted by Crippen LogP contribution is -2.16. The predicted molar refractivity (Wildman–Crippen MR) is 63.0 cm³/mol. The molecule has 0 aromatic rings. The van der Waals surface area contributed by atoms with Crippen molar-refractivity contribution in [3.05, 3.63) is 0 Å². The van der Waals surface area contributed by atoms with Crippen LogP contribution in [0.2, 0.25) is 0 Å². The molecule has 2 atom stereocenters. The van der Waals surface area contributed by atoms with Gasteiger partial charge in [-0.05, 0) is 29.8 Å². The summed E-state index contributed by atoms with van der Waals surface area (Å²) in [7, 11) is 0. The summed E-state index contributed by atoms with van der Waals surface area (Å²) in [6.07, 6.45) is 1.44. The van der Waals surface area contributed by atoms with Crippen LogP contribution in [0.1, 0.15) is 48.0 Å². The maximum atomic E-state index is 2.37. The zero-order chi connectivity index (χ0) is 9.98. The minimum absolute atomic E-state index is 0.966. The summed E-state index contributed by atoms with van der Waals surface area (Å²) < 4.78 is 0. The highest BCUT2D eigenvalue weighted by Gasteiger charge is 2.15. The molecule has 0 saturated carbocycles. The van der Waals surface area contributed by atoms with Crippen molar-refractivity contribution in [2.45, 2.75) is 48.0 Å². The standard InChI is InChI=1S/C7H14S.2C2H6/c1-6-3-4-8-5-7(6)2;2*1-2/h6-7H,3-5H2,1-2H3;2*1-2H3. The second-order valence-electron chi connectivity index (χ2n) is 2.82. The average Bonchev–Trinajstić information content (AvgIpc) is 2.17. The van der Waals surface area contributed by atoms with Gasteiger partial charge in [0, 0.05) is 0 Å². The number of thioether (sulfide) groups is 1. The zero-order valence-corrected chi connectivity index (χ0v) is 10.5. The highest BCUT2D eigenvalue weighted by atomic mass is 32.2. The third kappa shape index (κ3) is 7.02. The van der Waals surface area contributed by atoms with Crippen LogP contribution in [-0.4, -0.2) is 11.5 Å². The molecule has 2 unspecified atom stereocenters. The Balaban J connectivity index is 0. The summed E-state index contributed by atoms with van der Waals surface area (Å²) in [6, 6.07) is 0. The van der Waals surface area contributed by atoms with Crippen molar-refractivity contribution in [2.24, 2.45) is 11.8 Å². The summed E-state index contributed by atoms with van der Waals surface area (Å²) in [6.45, 7) is 12.7. The Morgan fingerprint density at radius 1 is 0.917 bits per heavy atom. The van der Waals surface area contributed by atoms with Crippen LogP contribution >= 0.6 is 11.8 Å². The fourth-order valence-electron chi connectivity index (χ4n) is 0.987. The Kier molecular flexibility index (Phi) is 14.0. The normalized spacial score (nSPS) is 27.5. The molecule has 1 fully saturated rings. The average molecular weight is 190 g/mol. The maximum absolute atomic E-state index is 2.37. The van der Waals surface area contributed by atoms with Crippen LogP contribution in [0.5, 0.6) is 0 Å². The number of hydrogen-bond acceptors (Lipinski definition) is 1. The Labute approximate surface area is 83.5 Å². The minimum atomic E-state index is 0.966. The van der Waals surface area contributed by atoms with Gasteiger partial charge in [0.1, 0.15) is 0 Å². The molecular weight excluding hydrogens is 164 g/mol. The van der Waals surface area contributed by atoms with Gasteiger partial charge < -0.3 is 0 Å². The zero-order valence-electron chi connectivity index (χ0n) is 9.68. The molecule has 0 amide bonds. The summed E-state index contributed by atoms with van der Waals surface area (Å²) in [4.78, 5) is 0. The lowest BCUT2D eigenvalue weighted by Gasteiger charge is -2.24. The fraction of sp³-hybridized carbons (Fsp3) is 1.00. The molecule has 12 heavy (non-hydrogen) atoms. The van der Waals surface area contributed by atoms with E-state index >= 15 is 0 Å². The van der Waals surface area contributed by atoms with E-state index in [0.29, 0.717) is 0 Å². The van der Waals surface area contributed by atoms with Crippen molar-refractivity contribution in [2.75, 3.05) is 11.5 Å². The van der Waals surface area contributed by atoms with Gasteiger partial charge in [-0.25, -0.2) is 0 Å². The highest BCUT2D eigenvalue weighted by molar-refractivity contribution is 7.99. The molecule has 0 spiro atoms. The Morgan fingerprint density at radius 2 is 1.42 bits per heavy atom. The van der Waals surface area contributed by atoms with Crippen LogP contribution in [0.3, 0.4) is 0 Å². The second kappa shape index (κ2) is 11.4. The summed E-state index contributed by atoms with van der Waals surface area (Å²) in [5.41, 5.74) is 0. The highest BCUT2D eigenvalue weighted by Crippen LogP contribution is 2.27. The Morgan fingerprint density at radius 3 is 1.67 bits per heavy atom. The first-order valence-electron chi connectivity index (χ1n) is 5.38. The van der Waals surface area contributed by atoms with Crippen molar-refractivity contribution in [3.8, 4) is 0 Å². The first kappa shape index (κ1) is 14.9. The first-order valence-corrected chi connectivity index (χ1v) is 6.54. The number of hydrogen-bond donors (Lipinski definition) is 0. The molecule has 0 nitrogen and oxygen atoms in total. The molecule has 0 aliphatic carbocycles. The van der Waals surface area contributed by atoms with Gasteiger partial charge in [-0.1, -0.05) is 41.5 Å². The lowest BCUT2D eigenvalue weighted by atomic mass is 9.95. The molecule has 1 heterocycles. The third-order valence-electron chi connectivity index (χ3n) is 2.07. The first-order chi connectivity index (χ1) is 5.80. The molecule has 0 bridgehead atoms. The van der Waals surface area contributed by atoms with Crippen LogP contribution < -0.4 is 0 Å². The number of rotatable bonds is 0. The van der Waals surface area contributed by atoms with Gasteiger partial charge in [-0.2, -0.15) is 11.8 Å². The minimum Gasteiger partial charge on any atom is -0.162 e. The summed E-state index contributed by atoms with van der Waals surface area (Å²) in [5, 5.41) is 0. The molecule has 1 aliphatic heterocycles. The molecule has 1 rings (SSSR count). The van der Waals surface area contributed by atoms with E-state index in [1.807, 2.05) is 27.7 Å². The van der Waals surface area contributed by atoms with Crippen LogP contribution in [-0.2, 0) is 0 Å². The van der Waals surface area contributed by atoms with Gasteiger partial charge in [-0.15, -0.1) is 0 Å². The van der Waals surface area contributed by atoms with E-state index in [1.165, 1.54) is 17.9 Å². The molecule has 0 N–H and O–H groups in total. The van der Waals surface area contributed by atoms with Crippen LogP contribution in [0.15, 0.2) is 0 Å². The van der Waals surface area contributed by atoms with Gasteiger partial charge in [0.2, 0.25) is 0 Å². The van der Waals surface area contributed by atoms with Crippen molar-refractivity contribution < 1.29 is 0 Å². The molecule has 0 aromatic carbocycles. The monoisotopic (exact) mass is 190 g/mol. The van der Waals surface area contributed by atoms with E-state index in [9.17, 15) is 0 Å². The Hall–Kier alpha value is 0.350. The van der Waals surface area contributed by atoms with Gasteiger partial charge in [0.25, 0.3) is 0 Å². The van der Waals surface area contributed by atoms with E-state index in [4.69, 9.17) is 0 Å². The van der Waals surface area contributed by atoms with E-state index in [2.05, 4.69) is 25.6 Å². The fourth-order valence-corrected chi connectivity index (χ4v) is 2.39. The maximum Gasteiger partial charge on any atom is -0.00392 e. The predicted octanol–water partition coefficient (Wildman–Crippen LogP) is 4.45. The quantitative estimate of drug-likeness (QED) is 0.544. The lowest BCUT2D eigenvalue weighted by molar-refractivity contribution is 0.406. The Bertz CT molecular complexity index is 61.4. The molecule has 0 radical (unpaired) electrons. The van der Waals surface area contributed by atoms with Gasteiger partial charge in [0.05, 0.1) is 0 Å².